The van der Waals surface area contributed by atoms with Crippen LogP contribution in [0, 0.1) is 6.92 Å². The summed E-state index contributed by atoms with van der Waals surface area (Å²) in [5.41, 5.74) is 0.422. The first kappa shape index (κ1) is 14.2. The van der Waals surface area contributed by atoms with Crippen molar-refractivity contribution >= 4 is 21.4 Å². The lowest BCUT2D eigenvalue weighted by Gasteiger charge is -2.34. The van der Waals surface area contributed by atoms with Gasteiger partial charge < -0.3 is 9.88 Å². The molecule has 2 fully saturated rings. The maximum atomic E-state index is 12.4. The summed E-state index contributed by atoms with van der Waals surface area (Å²) < 4.78 is 27.6. The van der Waals surface area contributed by atoms with E-state index in [9.17, 15) is 13.2 Å². The molecule has 0 saturated carbocycles. The molecule has 1 aromatic rings. The molecule has 3 heterocycles. The molecule has 2 aliphatic rings. The fourth-order valence-corrected chi connectivity index (χ4v) is 5.85. The number of nitrogens with one attached hydrogen (secondary N) is 2. The Morgan fingerprint density at radius 3 is 2.85 bits per heavy atom. The molecule has 0 aromatic carbocycles. The van der Waals surface area contributed by atoms with Crippen LogP contribution in [0.25, 0.3) is 0 Å². The van der Waals surface area contributed by atoms with Crippen LogP contribution in [0.4, 0.5) is 0 Å². The first-order valence-electron chi connectivity index (χ1n) is 6.92. The van der Waals surface area contributed by atoms with E-state index in [1.54, 1.807) is 6.92 Å². The molecule has 3 rings (SSSR count). The number of thiazole rings is 1. The number of fused-ring (bicyclic) bond motifs is 1. The van der Waals surface area contributed by atoms with Crippen molar-refractivity contribution in [3.63, 3.8) is 0 Å². The van der Waals surface area contributed by atoms with E-state index in [1.165, 1.54) is 6.42 Å². The summed E-state index contributed by atoms with van der Waals surface area (Å²) in [7, 11) is -3.58. The Kier molecular flexibility index (Phi) is 3.74. The fraction of sp³-hybridized carbons (Fsp3) is 0.750. The zero-order valence-electron chi connectivity index (χ0n) is 11.4. The number of H-pyrrole nitrogens is 1. The van der Waals surface area contributed by atoms with Crippen molar-refractivity contribution in [2.75, 3.05) is 13.1 Å². The highest BCUT2D eigenvalue weighted by Crippen LogP contribution is 2.28. The Hall–Kier alpha value is -0.700. The molecule has 8 heteroatoms. The van der Waals surface area contributed by atoms with E-state index >= 15 is 0 Å². The quantitative estimate of drug-likeness (QED) is 0.857. The van der Waals surface area contributed by atoms with Gasteiger partial charge in [-0.15, -0.1) is 0 Å². The molecule has 0 aliphatic carbocycles. The van der Waals surface area contributed by atoms with Crippen molar-refractivity contribution in [1.82, 2.24) is 14.6 Å². The minimum atomic E-state index is -3.58. The van der Waals surface area contributed by atoms with E-state index in [0.29, 0.717) is 11.7 Å². The molecule has 20 heavy (non-hydrogen) atoms. The number of rotatable bonds is 3. The standard InChI is InChI=1S/C12H19N3O3S2/c1-8-11(19-12(16)13-8)20(17,18)14-9-4-6-15-5-2-3-10(15)7-9/h9-10,14H,2-7H2,1H3,(H,13,16). The van der Waals surface area contributed by atoms with Crippen LogP contribution in [-0.2, 0) is 10.0 Å². The molecular formula is C12H19N3O3S2. The number of nitrogens with zero attached hydrogens (tertiary/aromatic N) is 1. The van der Waals surface area contributed by atoms with Gasteiger partial charge in [0.2, 0.25) is 0 Å². The molecule has 1 aromatic heterocycles. The Bertz CT molecular complexity index is 649. The number of hydrogen-bond acceptors (Lipinski definition) is 5. The van der Waals surface area contributed by atoms with Gasteiger partial charge in [-0.1, -0.05) is 11.3 Å². The molecule has 2 saturated heterocycles. The third-order valence-corrected chi connectivity index (χ3v) is 7.29. The van der Waals surface area contributed by atoms with Gasteiger partial charge in [0.05, 0.1) is 0 Å². The molecular weight excluding hydrogens is 298 g/mol. The second-order valence-corrected chi connectivity index (χ2v) is 8.49. The number of aromatic nitrogens is 1. The van der Waals surface area contributed by atoms with Crippen LogP contribution in [0.5, 0.6) is 0 Å². The molecule has 6 nitrogen and oxygen atoms in total. The number of aromatic amines is 1. The molecule has 0 amide bonds. The second kappa shape index (κ2) is 5.25. The first-order valence-corrected chi connectivity index (χ1v) is 9.22. The van der Waals surface area contributed by atoms with E-state index in [1.807, 2.05) is 0 Å². The van der Waals surface area contributed by atoms with Crippen LogP contribution in [0.3, 0.4) is 0 Å². The van der Waals surface area contributed by atoms with Gasteiger partial charge in [-0.25, -0.2) is 13.1 Å². The summed E-state index contributed by atoms with van der Waals surface area (Å²) >= 11 is 0.757. The Morgan fingerprint density at radius 2 is 2.15 bits per heavy atom. The third kappa shape index (κ3) is 2.69. The zero-order chi connectivity index (χ0) is 14.3. The van der Waals surface area contributed by atoms with Gasteiger partial charge in [0.1, 0.15) is 0 Å². The highest BCUT2D eigenvalue weighted by atomic mass is 32.2. The highest BCUT2D eigenvalue weighted by molar-refractivity contribution is 7.91. The third-order valence-electron chi connectivity index (χ3n) is 4.17. The Balaban J connectivity index is 1.74. The lowest BCUT2D eigenvalue weighted by Crippen LogP contribution is -2.47. The Labute approximate surface area is 122 Å². The highest BCUT2D eigenvalue weighted by Gasteiger charge is 2.34. The number of piperidine rings is 1. The summed E-state index contributed by atoms with van der Waals surface area (Å²) in [4.78, 5) is 15.9. The summed E-state index contributed by atoms with van der Waals surface area (Å²) in [5, 5.41) is 0. The van der Waals surface area contributed by atoms with Crippen LogP contribution >= 0.6 is 11.3 Å². The SMILES string of the molecule is Cc1[nH]c(=O)sc1S(=O)(=O)NC1CCN2CCCC2C1. The van der Waals surface area contributed by atoms with Crippen LogP contribution in [0.1, 0.15) is 31.4 Å². The van der Waals surface area contributed by atoms with Gasteiger partial charge >= 0.3 is 4.87 Å². The predicted octanol–water partition coefficient (Wildman–Crippen LogP) is 0.650. The number of hydrogen-bond donors (Lipinski definition) is 2. The van der Waals surface area contributed by atoms with Gasteiger partial charge in [-0.2, -0.15) is 0 Å². The molecule has 2 unspecified atom stereocenters. The van der Waals surface area contributed by atoms with Crippen LogP contribution in [-0.4, -0.2) is 43.5 Å². The van der Waals surface area contributed by atoms with Crippen LogP contribution < -0.4 is 9.60 Å². The molecule has 0 spiro atoms. The maximum absolute atomic E-state index is 12.4. The summed E-state index contributed by atoms with van der Waals surface area (Å²) in [5.74, 6) is 0. The average Bonchev–Trinajstić information content (AvgIpc) is 2.94. The monoisotopic (exact) mass is 317 g/mol. The van der Waals surface area contributed by atoms with E-state index in [2.05, 4.69) is 14.6 Å². The Morgan fingerprint density at radius 1 is 1.35 bits per heavy atom. The largest absolute Gasteiger partial charge is 0.315 e. The van der Waals surface area contributed by atoms with Gasteiger partial charge in [0.15, 0.2) is 4.21 Å². The van der Waals surface area contributed by atoms with E-state index in [-0.39, 0.29) is 15.1 Å². The van der Waals surface area contributed by atoms with Crippen molar-refractivity contribution in [3.8, 4) is 0 Å². The van der Waals surface area contributed by atoms with E-state index in [0.717, 1.165) is 43.7 Å². The van der Waals surface area contributed by atoms with E-state index < -0.39 is 10.0 Å². The normalized spacial score (nSPS) is 27.6. The predicted molar refractivity (Wildman–Crippen MR) is 77.6 cm³/mol. The van der Waals surface area contributed by atoms with Crippen molar-refractivity contribution in [2.24, 2.45) is 0 Å². The van der Waals surface area contributed by atoms with Crippen molar-refractivity contribution in [3.05, 3.63) is 15.4 Å². The lowest BCUT2D eigenvalue weighted by atomic mass is 9.99. The van der Waals surface area contributed by atoms with Crippen LogP contribution in [0.15, 0.2) is 9.00 Å². The zero-order valence-corrected chi connectivity index (χ0v) is 13.0. The number of sulfonamides is 1. The van der Waals surface area contributed by atoms with Gasteiger partial charge in [-0.05, 0) is 45.7 Å². The van der Waals surface area contributed by atoms with Crippen molar-refractivity contribution in [2.45, 2.75) is 48.9 Å². The molecule has 0 bridgehead atoms. The molecule has 112 valence electrons. The number of aryl methyl sites for hydroxylation is 1. The average molecular weight is 317 g/mol. The summed E-state index contributed by atoms with van der Waals surface area (Å²) in [6.45, 7) is 3.72. The summed E-state index contributed by atoms with van der Waals surface area (Å²) in [6.07, 6.45) is 4.09. The topological polar surface area (TPSA) is 82.3 Å². The van der Waals surface area contributed by atoms with Crippen LogP contribution in [0.2, 0.25) is 0 Å². The molecule has 2 aliphatic heterocycles. The maximum Gasteiger partial charge on any atom is 0.305 e. The smallest absolute Gasteiger partial charge is 0.305 e. The minimum absolute atomic E-state index is 0.0176. The second-order valence-electron chi connectivity index (χ2n) is 5.60. The molecule has 2 atom stereocenters. The lowest BCUT2D eigenvalue weighted by molar-refractivity contribution is 0.176. The van der Waals surface area contributed by atoms with Gasteiger partial charge in [0.25, 0.3) is 10.0 Å². The van der Waals surface area contributed by atoms with Gasteiger partial charge in [0, 0.05) is 17.8 Å². The first-order chi connectivity index (χ1) is 9.45. The van der Waals surface area contributed by atoms with Crippen molar-refractivity contribution < 1.29 is 8.42 Å². The molecule has 0 radical (unpaired) electrons. The van der Waals surface area contributed by atoms with Crippen molar-refractivity contribution in [1.29, 1.82) is 0 Å². The summed E-state index contributed by atoms with van der Waals surface area (Å²) in [6, 6.07) is 0.499. The van der Waals surface area contributed by atoms with Gasteiger partial charge in [-0.3, -0.25) is 4.79 Å². The molecule has 2 N–H and O–H groups in total. The minimum Gasteiger partial charge on any atom is -0.315 e. The van der Waals surface area contributed by atoms with E-state index in [4.69, 9.17) is 0 Å². The fourth-order valence-electron chi connectivity index (χ4n) is 3.25.